The summed E-state index contributed by atoms with van der Waals surface area (Å²) in [6.07, 6.45) is 9.91. The Hall–Kier alpha value is -4.31. The van der Waals surface area contributed by atoms with E-state index in [0.717, 1.165) is 54.5 Å². The Kier molecular flexibility index (Phi) is 41.0. The molecule has 0 atom stereocenters. The van der Waals surface area contributed by atoms with E-state index in [9.17, 15) is 10.4 Å². The van der Waals surface area contributed by atoms with E-state index in [0.29, 0.717) is 5.69 Å². The quantitative estimate of drug-likeness (QED) is 0.0542. The van der Waals surface area contributed by atoms with Gasteiger partial charge < -0.3 is 59.6 Å². The summed E-state index contributed by atoms with van der Waals surface area (Å²) in [6, 6.07) is 24.2. The van der Waals surface area contributed by atoms with Crippen molar-refractivity contribution in [1.82, 2.24) is 19.9 Å². The number of para-hydroxylation sites is 1. The van der Waals surface area contributed by atoms with Crippen LogP contribution in [0.1, 0.15) is 29.7 Å². The van der Waals surface area contributed by atoms with Gasteiger partial charge in [0.2, 0.25) is 5.69 Å². The minimum atomic E-state index is 0. The molecule has 1 aromatic carbocycles. The zero-order chi connectivity index (χ0) is 27.6. The monoisotopic (exact) mass is 864 g/mol. The Morgan fingerprint density at radius 1 is 0.500 bits per heavy atom. The summed E-state index contributed by atoms with van der Waals surface area (Å²) in [6.45, 7) is 4.02. The predicted molar refractivity (Wildman–Crippen MR) is 203 cm³/mol. The Labute approximate surface area is 321 Å². The number of nitrogens with zero attached hydrogens (tertiary/aromatic N) is 6. The third-order valence-electron chi connectivity index (χ3n) is 5.53. The number of benzene rings is 1. The minimum Gasteiger partial charge on any atom is -0.693 e. The molecule has 16 N–H and O–H groups in total. The average Bonchev–Trinajstić information content (AvgIpc) is 2.94. The number of hydrogen-bond donors (Lipinski definition) is 0. The van der Waals surface area contributed by atoms with E-state index in [1.165, 1.54) is 19.5 Å². The Bertz CT molecular complexity index is 1640. The molecule has 0 bridgehead atoms. The van der Waals surface area contributed by atoms with Crippen LogP contribution in [0.15, 0.2) is 104 Å². The summed E-state index contributed by atoms with van der Waals surface area (Å²) < 4.78 is 1.62. The van der Waals surface area contributed by atoms with Crippen LogP contribution in [-0.4, -0.2) is 48.9 Å². The molecule has 50 heavy (non-hydrogen) atoms. The number of hydroxylamine groups is 1. The molecular weight excluding hydrogens is 815 g/mol. The average molecular weight is 863 g/mol. The number of nitrogens with two attached hydrogens (primary N) is 8. The van der Waals surface area contributed by atoms with Crippen molar-refractivity contribution in [3.63, 3.8) is 0 Å². The van der Waals surface area contributed by atoms with Crippen LogP contribution in [0, 0.1) is 24.3 Å². The summed E-state index contributed by atoms with van der Waals surface area (Å²) in [4.78, 5) is 17.2. The van der Waals surface area contributed by atoms with Crippen molar-refractivity contribution in [3.05, 3.63) is 186 Å². The zero-order valence-electron chi connectivity index (χ0n) is 27.3. The largest absolute Gasteiger partial charge is 4.00 e. The molecule has 0 spiro atoms. The molecule has 0 amide bonds. The number of hydrogen-bond acceptors (Lipinski definition) is 6. The molecule has 0 saturated heterocycles. The maximum atomic E-state index is 12.1. The van der Waals surface area contributed by atoms with Gasteiger partial charge in [-0.15, -0.1) is 0 Å². The van der Waals surface area contributed by atoms with Gasteiger partial charge in [-0.3, -0.25) is 19.9 Å². The van der Waals surface area contributed by atoms with E-state index in [-0.39, 0.29) is 95.6 Å². The van der Waals surface area contributed by atoms with Crippen LogP contribution in [0.4, 0.5) is 5.69 Å². The molecule has 4 heterocycles. The first-order chi connectivity index (χ1) is 18.9. The third kappa shape index (κ3) is 19.6. The van der Waals surface area contributed by atoms with Gasteiger partial charge in [-0.25, -0.2) is 4.74 Å². The first-order valence-electron chi connectivity index (χ1n) is 12.3. The molecule has 0 saturated carbocycles. The molecule has 4 aromatic heterocycles. The van der Waals surface area contributed by atoms with Crippen LogP contribution in [-0.2, 0) is 39.0 Å². The van der Waals surface area contributed by atoms with E-state index in [4.69, 9.17) is 0 Å². The second kappa shape index (κ2) is 31.9. The van der Waals surface area contributed by atoms with Crippen molar-refractivity contribution in [2.75, 3.05) is 7.05 Å². The van der Waals surface area contributed by atoms with Gasteiger partial charge in [0, 0.05) is 48.0 Å². The van der Waals surface area contributed by atoms with Crippen molar-refractivity contribution < 1.29 is 48.4 Å². The maximum Gasteiger partial charge on any atom is 4.00 e. The smallest absolute Gasteiger partial charge is 0.693 e. The summed E-state index contributed by atoms with van der Waals surface area (Å²) >= 11 is 0. The first-order valence-corrected chi connectivity index (χ1v) is 12.3. The van der Waals surface area contributed by atoms with Crippen LogP contribution in [0.25, 0.3) is 72.0 Å². The first kappa shape index (κ1) is 64.2. The van der Waals surface area contributed by atoms with Crippen molar-refractivity contribution >= 4 is 18.1 Å². The molecule has 18 heteroatoms. The zero-order valence-corrected chi connectivity index (χ0v) is 30.8. The predicted octanol–water partition coefficient (Wildman–Crippen LogP) is 12.1. The van der Waals surface area contributed by atoms with E-state index >= 15 is 0 Å². The van der Waals surface area contributed by atoms with Crippen molar-refractivity contribution in [1.29, 1.82) is 0 Å². The maximum absolute atomic E-state index is 12.1. The molecule has 0 fully saturated rings. The van der Waals surface area contributed by atoms with Crippen LogP contribution >= 0.6 is 0 Å². The Balaban J connectivity index is -0.0000000982. The van der Waals surface area contributed by atoms with E-state index in [1.54, 1.807) is 49.1 Å². The van der Waals surface area contributed by atoms with Crippen LogP contribution in [0.5, 0.6) is 0 Å². The molecular formula is C32H48N14O2Ru2. The number of aromatic nitrogens is 4. The number of rotatable bonds is 5. The molecule has 0 aliphatic heterocycles. The van der Waals surface area contributed by atoms with Gasteiger partial charge in [0.15, 0.2) is 12.4 Å². The fourth-order valence-corrected chi connectivity index (χ4v) is 3.68. The second-order valence-electron chi connectivity index (χ2n) is 8.85. The molecule has 5 aromatic rings. The van der Waals surface area contributed by atoms with Gasteiger partial charge in [0.1, 0.15) is 7.05 Å². The summed E-state index contributed by atoms with van der Waals surface area (Å²) in [5.74, 6) is 0. The molecule has 0 aliphatic rings. The number of pyridine rings is 4. The van der Waals surface area contributed by atoms with E-state index in [2.05, 4.69) is 19.9 Å². The summed E-state index contributed by atoms with van der Waals surface area (Å²) in [5.41, 5.74) is 7.57. The molecule has 274 valence electrons. The van der Waals surface area contributed by atoms with Crippen LogP contribution < -0.4 is 0 Å². The fourth-order valence-electron chi connectivity index (χ4n) is 3.68. The van der Waals surface area contributed by atoms with Crippen LogP contribution in [0.3, 0.4) is 0 Å². The van der Waals surface area contributed by atoms with Gasteiger partial charge in [0.25, 0.3) is 0 Å². The summed E-state index contributed by atoms with van der Waals surface area (Å²) in [7, 11) is 1.45. The molecule has 0 radical (unpaired) electrons. The second-order valence-corrected chi connectivity index (χ2v) is 8.85. The topological polar surface area (TPSA) is 372 Å². The van der Waals surface area contributed by atoms with Crippen molar-refractivity contribution in [3.8, 4) is 22.8 Å². The third-order valence-corrected chi connectivity index (χ3v) is 5.53. The van der Waals surface area contributed by atoms with E-state index in [1.807, 2.05) is 68.4 Å². The molecule has 5 rings (SSSR count). The molecule has 0 aliphatic carbocycles. The molecule has 16 nitrogen and oxygen atoms in total. The fraction of sp³-hybridized carbons (Fsp3) is 0.125. The van der Waals surface area contributed by atoms with Gasteiger partial charge in [-0.1, -0.05) is 25.6 Å². The van der Waals surface area contributed by atoms with Gasteiger partial charge in [-0.05, 0) is 73.5 Å². The Morgan fingerprint density at radius 3 is 1.20 bits per heavy atom. The molecule has 0 unspecified atom stereocenters. The summed E-state index contributed by atoms with van der Waals surface area (Å²) in [5, 5.41) is 23.1. The van der Waals surface area contributed by atoms with Gasteiger partial charge in [0.05, 0.1) is 22.8 Å². The Morgan fingerprint density at radius 2 is 0.840 bits per heavy atom. The van der Waals surface area contributed by atoms with Crippen LogP contribution in [0.2, 0.25) is 0 Å². The van der Waals surface area contributed by atoms with Gasteiger partial charge >= 0.3 is 39.0 Å². The van der Waals surface area contributed by atoms with Gasteiger partial charge in [-0.2, -0.15) is 4.74 Å². The number of aryl methyl sites for hydroxylation is 2. The standard InChI is InChI=1S/C18H15N3O.C13H13N3O.CH4.8H2N.2Ru/c1-14-7-9-19-17(11-14)18-12-15(8-10-20-18)13-21(22)16-5-3-2-4-6-16;1-10-3-5-14-12(7-10)13-8-11(4-6-15-13)9-16(2)17;;;;;;;;;;;/h2-13H,1H3;3-9H,1-2H3;1H4;8*1H2;;/q;;;8*-1;2*+4/b21-13-;16-9-;;;;;;;;;;;. The van der Waals surface area contributed by atoms with Crippen molar-refractivity contribution in [2.24, 2.45) is 0 Å². The SMILES string of the molecule is C.Cc1ccnc(-c2cc(/C=[N+](/C)[O-])ccn2)c1.Cc1ccnc(-c2cc(/C=[N+](\[O-])c3ccccc3)ccn2)c1.[NH2-].[NH2-].[NH2-].[NH2-].[NH2-].[NH2-].[NH2-].[NH2-].[Ru+4].[Ru+4]. The normalized spacial score (nSPS) is 8.94. The van der Waals surface area contributed by atoms with Crippen molar-refractivity contribution in [2.45, 2.75) is 21.3 Å². The minimum absolute atomic E-state index is 0. The van der Waals surface area contributed by atoms with E-state index < -0.39 is 0 Å².